The molecule has 0 aliphatic rings. The molecule has 88 valence electrons. The van der Waals surface area contributed by atoms with Crippen molar-refractivity contribution >= 4 is 11.9 Å². The number of methoxy groups -OCH3 is 1. The molecule has 0 aliphatic carbocycles. The largest absolute Gasteiger partial charge is 0.469 e. The van der Waals surface area contributed by atoms with Gasteiger partial charge in [-0.15, -0.1) is 0 Å². The molecule has 0 saturated carbocycles. The average molecular weight is 227 g/mol. The van der Waals surface area contributed by atoms with Crippen LogP contribution in [0.2, 0.25) is 0 Å². The van der Waals surface area contributed by atoms with Gasteiger partial charge in [0.05, 0.1) is 19.3 Å². The second-order valence-corrected chi connectivity index (χ2v) is 3.18. The number of hydrogen-bond donors (Lipinski definition) is 2. The molecule has 0 fully saturated rings. The Morgan fingerprint density at radius 2 is 2.31 bits per heavy atom. The molecule has 6 nitrogen and oxygen atoms in total. The average Bonchev–Trinajstić information content (AvgIpc) is 2.71. The molecule has 0 radical (unpaired) electrons. The SMILES string of the molecule is COC(=O)C(CO)NC(=O)c1coc(C)c1. The number of esters is 1. The molecule has 0 saturated heterocycles. The van der Waals surface area contributed by atoms with Crippen LogP contribution in [0.3, 0.4) is 0 Å². The molecule has 1 rings (SSSR count). The van der Waals surface area contributed by atoms with Crippen molar-refractivity contribution < 1.29 is 23.8 Å². The van der Waals surface area contributed by atoms with Gasteiger partial charge in [-0.05, 0) is 13.0 Å². The second kappa shape index (κ2) is 5.32. The van der Waals surface area contributed by atoms with Gasteiger partial charge in [0.2, 0.25) is 0 Å². The van der Waals surface area contributed by atoms with Gasteiger partial charge in [-0.1, -0.05) is 0 Å². The smallest absolute Gasteiger partial charge is 0.330 e. The lowest BCUT2D eigenvalue weighted by molar-refractivity contribution is -0.143. The lowest BCUT2D eigenvalue weighted by Gasteiger charge is -2.12. The summed E-state index contributed by atoms with van der Waals surface area (Å²) in [5.41, 5.74) is 0.292. The van der Waals surface area contributed by atoms with E-state index in [1.807, 2.05) is 0 Å². The number of nitrogens with one attached hydrogen (secondary N) is 1. The van der Waals surface area contributed by atoms with Crippen LogP contribution in [0.1, 0.15) is 16.1 Å². The van der Waals surface area contributed by atoms with Gasteiger partial charge in [-0.2, -0.15) is 0 Å². The highest BCUT2D eigenvalue weighted by molar-refractivity contribution is 5.96. The molecule has 0 aromatic carbocycles. The van der Waals surface area contributed by atoms with Crippen molar-refractivity contribution in [2.75, 3.05) is 13.7 Å². The number of aliphatic hydroxyl groups is 1. The lowest BCUT2D eigenvalue weighted by atomic mass is 10.2. The third-order valence-corrected chi connectivity index (χ3v) is 1.97. The Balaban J connectivity index is 2.66. The zero-order valence-corrected chi connectivity index (χ0v) is 9.02. The van der Waals surface area contributed by atoms with Gasteiger partial charge in [0.15, 0.2) is 6.04 Å². The summed E-state index contributed by atoms with van der Waals surface area (Å²) in [6.45, 7) is 1.18. The van der Waals surface area contributed by atoms with Gasteiger partial charge in [-0.3, -0.25) is 4.79 Å². The van der Waals surface area contributed by atoms with Crippen LogP contribution in [0.25, 0.3) is 0 Å². The number of carbonyl (C=O) groups excluding carboxylic acids is 2. The fourth-order valence-electron chi connectivity index (χ4n) is 1.13. The quantitative estimate of drug-likeness (QED) is 0.698. The number of ether oxygens (including phenoxy) is 1. The summed E-state index contributed by atoms with van der Waals surface area (Å²) in [5.74, 6) is -0.610. The van der Waals surface area contributed by atoms with Gasteiger partial charge in [-0.25, -0.2) is 4.79 Å². The number of amides is 1. The molecule has 1 atom stereocenters. The van der Waals surface area contributed by atoms with E-state index in [1.165, 1.54) is 19.4 Å². The number of aliphatic hydroxyl groups excluding tert-OH is 1. The number of furan rings is 1. The maximum atomic E-state index is 11.6. The van der Waals surface area contributed by atoms with E-state index >= 15 is 0 Å². The monoisotopic (exact) mass is 227 g/mol. The highest BCUT2D eigenvalue weighted by Gasteiger charge is 2.21. The molecule has 16 heavy (non-hydrogen) atoms. The van der Waals surface area contributed by atoms with Gasteiger partial charge < -0.3 is 19.6 Å². The Morgan fingerprint density at radius 1 is 1.62 bits per heavy atom. The fraction of sp³-hybridized carbons (Fsp3) is 0.400. The first kappa shape index (κ1) is 12.3. The van der Waals surface area contributed by atoms with Gasteiger partial charge in [0.1, 0.15) is 12.0 Å². The predicted molar refractivity (Wildman–Crippen MR) is 53.8 cm³/mol. The minimum Gasteiger partial charge on any atom is -0.469 e. The van der Waals surface area contributed by atoms with Crippen molar-refractivity contribution in [1.29, 1.82) is 0 Å². The van der Waals surface area contributed by atoms with E-state index in [1.54, 1.807) is 6.92 Å². The van der Waals surface area contributed by atoms with Gasteiger partial charge in [0, 0.05) is 0 Å². The summed E-state index contributed by atoms with van der Waals surface area (Å²) in [6.07, 6.45) is 1.27. The first-order valence-electron chi connectivity index (χ1n) is 4.63. The Hall–Kier alpha value is -1.82. The highest BCUT2D eigenvalue weighted by atomic mass is 16.5. The Kier molecular flexibility index (Phi) is 4.07. The lowest BCUT2D eigenvalue weighted by Crippen LogP contribution is -2.43. The molecule has 1 aromatic rings. The molecule has 6 heteroatoms. The number of carbonyl (C=O) groups is 2. The van der Waals surface area contributed by atoms with Crippen LogP contribution in [0.5, 0.6) is 0 Å². The standard InChI is InChI=1S/C10H13NO5/c1-6-3-7(5-16-6)9(13)11-8(4-12)10(14)15-2/h3,5,8,12H,4H2,1-2H3,(H,11,13). The number of rotatable bonds is 4. The van der Waals surface area contributed by atoms with Gasteiger partial charge in [0.25, 0.3) is 5.91 Å². The zero-order valence-electron chi connectivity index (χ0n) is 9.02. The van der Waals surface area contributed by atoms with E-state index in [-0.39, 0.29) is 0 Å². The highest BCUT2D eigenvalue weighted by Crippen LogP contribution is 2.06. The summed E-state index contributed by atoms with van der Waals surface area (Å²) in [7, 11) is 1.18. The normalized spacial score (nSPS) is 11.9. The molecule has 0 spiro atoms. The van der Waals surface area contributed by atoms with Crippen molar-refractivity contribution in [2.24, 2.45) is 0 Å². The molecule has 2 N–H and O–H groups in total. The molecule has 0 bridgehead atoms. The molecule has 1 aromatic heterocycles. The van der Waals surface area contributed by atoms with E-state index < -0.39 is 24.5 Å². The molecule has 1 unspecified atom stereocenters. The number of hydrogen-bond acceptors (Lipinski definition) is 5. The molecule has 1 heterocycles. The van der Waals surface area contributed by atoms with E-state index in [4.69, 9.17) is 9.52 Å². The Bertz CT molecular complexity index is 384. The van der Waals surface area contributed by atoms with E-state index in [0.717, 1.165) is 0 Å². The van der Waals surface area contributed by atoms with Crippen molar-refractivity contribution in [3.05, 3.63) is 23.7 Å². The number of aryl methyl sites for hydroxylation is 1. The van der Waals surface area contributed by atoms with Crippen molar-refractivity contribution in [1.82, 2.24) is 5.32 Å². The third-order valence-electron chi connectivity index (χ3n) is 1.97. The minimum atomic E-state index is -1.06. The minimum absolute atomic E-state index is 0.292. The summed E-state index contributed by atoms with van der Waals surface area (Å²) in [4.78, 5) is 22.7. The molecular weight excluding hydrogens is 214 g/mol. The maximum absolute atomic E-state index is 11.6. The maximum Gasteiger partial charge on any atom is 0.330 e. The van der Waals surface area contributed by atoms with Crippen LogP contribution < -0.4 is 5.32 Å². The topological polar surface area (TPSA) is 88.8 Å². The Labute approximate surface area is 92.2 Å². The van der Waals surface area contributed by atoms with Crippen LogP contribution in [0.4, 0.5) is 0 Å². The molecular formula is C10H13NO5. The fourth-order valence-corrected chi connectivity index (χ4v) is 1.13. The van der Waals surface area contributed by atoms with E-state index in [9.17, 15) is 9.59 Å². The Morgan fingerprint density at radius 3 is 2.75 bits per heavy atom. The van der Waals surface area contributed by atoms with Crippen molar-refractivity contribution in [2.45, 2.75) is 13.0 Å². The summed E-state index contributed by atoms with van der Waals surface area (Å²) >= 11 is 0. The van der Waals surface area contributed by atoms with Crippen molar-refractivity contribution in [3.8, 4) is 0 Å². The zero-order chi connectivity index (χ0) is 12.1. The molecule has 0 aliphatic heterocycles. The predicted octanol–water partition coefficient (Wildman–Crippen LogP) is -0.148. The first-order valence-corrected chi connectivity index (χ1v) is 4.63. The summed E-state index contributed by atoms with van der Waals surface area (Å²) in [5, 5.41) is 11.2. The second-order valence-electron chi connectivity index (χ2n) is 3.18. The third kappa shape index (κ3) is 2.83. The van der Waals surface area contributed by atoms with Crippen LogP contribution in [-0.4, -0.2) is 36.7 Å². The summed E-state index contributed by atoms with van der Waals surface area (Å²) < 4.78 is 9.36. The van der Waals surface area contributed by atoms with Crippen LogP contribution >= 0.6 is 0 Å². The van der Waals surface area contributed by atoms with Crippen LogP contribution in [-0.2, 0) is 9.53 Å². The van der Waals surface area contributed by atoms with Gasteiger partial charge >= 0.3 is 5.97 Å². The van der Waals surface area contributed by atoms with E-state index in [2.05, 4.69) is 10.1 Å². The van der Waals surface area contributed by atoms with Crippen LogP contribution in [0.15, 0.2) is 16.7 Å². The van der Waals surface area contributed by atoms with Crippen LogP contribution in [0, 0.1) is 6.92 Å². The summed E-state index contributed by atoms with van der Waals surface area (Å²) in [6, 6.07) is 0.467. The van der Waals surface area contributed by atoms with E-state index in [0.29, 0.717) is 11.3 Å². The first-order chi connectivity index (χ1) is 7.58. The van der Waals surface area contributed by atoms with Crippen molar-refractivity contribution in [3.63, 3.8) is 0 Å². The molecule has 1 amide bonds.